The molecule has 2 saturated carbocycles. The molecule has 0 saturated heterocycles. The van der Waals surface area contributed by atoms with Crippen molar-refractivity contribution in [3.8, 4) is 0 Å². The molecular formula is C10H17N. The topological polar surface area (TPSA) is 12.4 Å². The molecule has 0 radical (unpaired) electrons. The van der Waals surface area contributed by atoms with Gasteiger partial charge in [0.2, 0.25) is 0 Å². The second-order valence-electron chi connectivity index (χ2n) is 3.93. The van der Waals surface area contributed by atoms with E-state index in [-0.39, 0.29) is 0 Å². The Morgan fingerprint density at radius 2 is 1.64 bits per heavy atom. The molecule has 0 heterocycles. The van der Waals surface area contributed by atoms with Crippen LogP contribution in [0.3, 0.4) is 0 Å². The van der Waals surface area contributed by atoms with E-state index in [4.69, 9.17) is 0 Å². The van der Waals surface area contributed by atoms with Gasteiger partial charge in [0, 0.05) is 12.3 Å². The van der Waals surface area contributed by atoms with Crippen LogP contribution in [0.5, 0.6) is 0 Å². The van der Waals surface area contributed by atoms with Crippen molar-refractivity contribution in [1.29, 1.82) is 0 Å². The van der Waals surface area contributed by atoms with Crippen LogP contribution in [0.2, 0.25) is 0 Å². The van der Waals surface area contributed by atoms with Gasteiger partial charge < -0.3 is 0 Å². The molecule has 0 atom stereocenters. The van der Waals surface area contributed by atoms with E-state index in [1.807, 2.05) is 0 Å². The third-order valence-corrected chi connectivity index (χ3v) is 2.70. The van der Waals surface area contributed by atoms with Crippen molar-refractivity contribution >= 4 is 6.21 Å². The highest BCUT2D eigenvalue weighted by molar-refractivity contribution is 5.63. The summed E-state index contributed by atoms with van der Waals surface area (Å²) in [7, 11) is 0. The van der Waals surface area contributed by atoms with Crippen LogP contribution in [-0.4, -0.2) is 12.3 Å². The first-order valence-electron chi connectivity index (χ1n) is 4.98. The van der Waals surface area contributed by atoms with Gasteiger partial charge in [-0.25, -0.2) is 0 Å². The summed E-state index contributed by atoms with van der Waals surface area (Å²) in [5, 5.41) is 0. The zero-order valence-corrected chi connectivity index (χ0v) is 7.13. The molecule has 0 aliphatic heterocycles. The first-order chi connectivity index (χ1) is 5.45. The number of aliphatic imine (C=N–C) groups is 1. The lowest BCUT2D eigenvalue weighted by Crippen LogP contribution is -2.09. The van der Waals surface area contributed by atoms with Gasteiger partial charge in [-0.3, -0.25) is 4.99 Å². The van der Waals surface area contributed by atoms with Crippen molar-refractivity contribution in [3.05, 3.63) is 0 Å². The summed E-state index contributed by atoms with van der Waals surface area (Å²) in [6.07, 6.45) is 12.0. The van der Waals surface area contributed by atoms with Gasteiger partial charge in [-0.1, -0.05) is 19.3 Å². The molecule has 2 rings (SSSR count). The second-order valence-corrected chi connectivity index (χ2v) is 3.93. The van der Waals surface area contributed by atoms with Gasteiger partial charge in [0.25, 0.3) is 0 Å². The largest absolute Gasteiger partial charge is 0.294 e. The number of nitrogens with zero attached hydrogens (tertiary/aromatic N) is 1. The van der Waals surface area contributed by atoms with E-state index in [2.05, 4.69) is 11.2 Å². The maximum atomic E-state index is 4.62. The van der Waals surface area contributed by atoms with E-state index in [1.165, 1.54) is 44.9 Å². The highest BCUT2D eigenvalue weighted by Crippen LogP contribution is 2.27. The van der Waals surface area contributed by atoms with Crippen LogP contribution in [0, 0.1) is 5.92 Å². The first kappa shape index (κ1) is 7.33. The van der Waals surface area contributed by atoms with E-state index < -0.39 is 0 Å². The molecule has 1 heteroatoms. The lowest BCUT2D eigenvalue weighted by atomic mass is 9.96. The number of hydrogen-bond donors (Lipinski definition) is 0. The summed E-state index contributed by atoms with van der Waals surface area (Å²) in [4.78, 5) is 4.62. The zero-order valence-electron chi connectivity index (χ0n) is 7.13. The quantitative estimate of drug-likeness (QED) is 0.538. The Bertz CT molecular complexity index is 141. The fourth-order valence-corrected chi connectivity index (χ4v) is 1.72. The van der Waals surface area contributed by atoms with Gasteiger partial charge in [-0.15, -0.1) is 0 Å². The highest BCUT2D eigenvalue weighted by atomic mass is 14.8. The molecule has 0 amide bonds. The zero-order chi connectivity index (χ0) is 7.52. The Hall–Kier alpha value is -0.330. The average Bonchev–Trinajstić information content (AvgIpc) is 2.86. The van der Waals surface area contributed by atoms with Gasteiger partial charge in [0.05, 0.1) is 0 Å². The molecule has 2 aliphatic rings. The average molecular weight is 151 g/mol. The second kappa shape index (κ2) is 3.38. The summed E-state index contributed by atoms with van der Waals surface area (Å²) in [5.41, 5.74) is 0. The van der Waals surface area contributed by atoms with Crippen LogP contribution in [0.1, 0.15) is 44.9 Å². The van der Waals surface area contributed by atoms with E-state index in [0.29, 0.717) is 6.04 Å². The van der Waals surface area contributed by atoms with Crippen LogP contribution in [-0.2, 0) is 0 Å². The maximum Gasteiger partial charge on any atom is 0.0495 e. The van der Waals surface area contributed by atoms with Crippen molar-refractivity contribution in [3.63, 3.8) is 0 Å². The molecule has 0 N–H and O–H groups in total. The van der Waals surface area contributed by atoms with Crippen LogP contribution in [0.25, 0.3) is 0 Å². The van der Waals surface area contributed by atoms with Crippen molar-refractivity contribution in [2.75, 3.05) is 0 Å². The van der Waals surface area contributed by atoms with Crippen molar-refractivity contribution in [1.82, 2.24) is 0 Å². The molecule has 2 fully saturated rings. The lowest BCUT2D eigenvalue weighted by molar-refractivity contribution is 0.444. The Morgan fingerprint density at radius 1 is 0.909 bits per heavy atom. The smallest absolute Gasteiger partial charge is 0.0495 e. The predicted octanol–water partition coefficient (Wildman–Crippen LogP) is 2.80. The summed E-state index contributed by atoms with van der Waals surface area (Å²) in [5.74, 6) is 0.872. The predicted molar refractivity (Wildman–Crippen MR) is 48.1 cm³/mol. The summed E-state index contributed by atoms with van der Waals surface area (Å²) in [6, 6.07) is 0.698. The molecule has 0 unspecified atom stereocenters. The minimum atomic E-state index is 0.698. The summed E-state index contributed by atoms with van der Waals surface area (Å²) in [6.45, 7) is 0. The van der Waals surface area contributed by atoms with E-state index in [0.717, 1.165) is 5.92 Å². The van der Waals surface area contributed by atoms with Gasteiger partial charge in [-0.05, 0) is 31.6 Å². The molecule has 2 aliphatic carbocycles. The lowest BCUT2D eigenvalue weighted by Gasteiger charge is -2.16. The number of rotatable bonds is 2. The fourth-order valence-electron chi connectivity index (χ4n) is 1.72. The Kier molecular flexibility index (Phi) is 2.25. The first-order valence-corrected chi connectivity index (χ1v) is 4.98. The fraction of sp³-hybridized carbons (Fsp3) is 0.900. The normalized spacial score (nSPS) is 28.0. The summed E-state index contributed by atoms with van der Waals surface area (Å²) < 4.78 is 0. The molecule has 1 nitrogen and oxygen atoms in total. The molecule has 11 heavy (non-hydrogen) atoms. The van der Waals surface area contributed by atoms with E-state index in [9.17, 15) is 0 Å². The van der Waals surface area contributed by atoms with Crippen LogP contribution in [0.4, 0.5) is 0 Å². The standard InChI is InChI=1S/C10H17N/c1-2-4-10(5-3-1)11-8-9-6-7-9/h8-10H,1-7H2. The highest BCUT2D eigenvalue weighted by Gasteiger charge is 2.19. The van der Waals surface area contributed by atoms with Gasteiger partial charge >= 0.3 is 0 Å². The molecule has 62 valence electrons. The van der Waals surface area contributed by atoms with Gasteiger partial charge in [-0.2, -0.15) is 0 Å². The maximum absolute atomic E-state index is 4.62. The van der Waals surface area contributed by atoms with E-state index >= 15 is 0 Å². The molecule has 0 aromatic heterocycles. The monoisotopic (exact) mass is 151 g/mol. The van der Waals surface area contributed by atoms with Gasteiger partial charge in [0.1, 0.15) is 0 Å². The molecule has 0 aromatic rings. The van der Waals surface area contributed by atoms with Gasteiger partial charge in [0.15, 0.2) is 0 Å². The minimum Gasteiger partial charge on any atom is -0.294 e. The molecular weight excluding hydrogens is 134 g/mol. The third kappa shape index (κ3) is 2.32. The van der Waals surface area contributed by atoms with Crippen molar-refractivity contribution < 1.29 is 0 Å². The SMILES string of the molecule is C(=NC1CCCCC1)C1CC1. The molecule has 0 spiro atoms. The molecule has 0 aromatic carbocycles. The van der Waals surface area contributed by atoms with Crippen LogP contribution in [0.15, 0.2) is 4.99 Å². The molecule has 0 bridgehead atoms. The van der Waals surface area contributed by atoms with Crippen LogP contribution >= 0.6 is 0 Å². The van der Waals surface area contributed by atoms with E-state index in [1.54, 1.807) is 0 Å². The van der Waals surface area contributed by atoms with Crippen molar-refractivity contribution in [2.24, 2.45) is 10.9 Å². The summed E-state index contributed by atoms with van der Waals surface area (Å²) >= 11 is 0. The van der Waals surface area contributed by atoms with Crippen molar-refractivity contribution in [2.45, 2.75) is 51.0 Å². The Morgan fingerprint density at radius 3 is 2.27 bits per heavy atom. The Balaban J connectivity index is 1.74. The minimum absolute atomic E-state index is 0.698. The van der Waals surface area contributed by atoms with Crippen LogP contribution < -0.4 is 0 Å². The number of hydrogen-bond acceptors (Lipinski definition) is 1. The third-order valence-electron chi connectivity index (χ3n) is 2.70. The Labute approximate surface area is 68.9 Å².